The van der Waals surface area contributed by atoms with Crippen molar-refractivity contribution in [1.29, 1.82) is 0 Å². The number of rotatable bonds is 4. The molecule has 0 aliphatic heterocycles. The number of hydrogen-bond acceptors (Lipinski definition) is 3. The molecule has 0 radical (unpaired) electrons. The molecule has 15 heavy (non-hydrogen) atoms. The van der Waals surface area contributed by atoms with E-state index in [0.717, 1.165) is 12.2 Å². The first-order valence-electron chi connectivity index (χ1n) is 4.97. The van der Waals surface area contributed by atoms with Gasteiger partial charge >= 0.3 is 0 Å². The zero-order valence-corrected chi connectivity index (χ0v) is 9.69. The van der Waals surface area contributed by atoms with Crippen LogP contribution in [0, 0.1) is 6.92 Å². The van der Waals surface area contributed by atoms with Crippen LogP contribution >= 0.6 is 0 Å². The van der Waals surface area contributed by atoms with Gasteiger partial charge in [0, 0.05) is 39.1 Å². The van der Waals surface area contributed by atoms with Gasteiger partial charge in [-0.1, -0.05) is 0 Å². The van der Waals surface area contributed by atoms with Crippen molar-refractivity contribution in [3.05, 3.63) is 29.7 Å². The minimum Gasteiger partial charge on any atom is -0.383 e. The average molecular weight is 207 g/mol. The van der Waals surface area contributed by atoms with Crippen LogP contribution in [0.25, 0.3) is 0 Å². The van der Waals surface area contributed by atoms with E-state index in [0.29, 0.717) is 5.56 Å². The molecule has 1 rings (SSSR count). The summed E-state index contributed by atoms with van der Waals surface area (Å²) in [5.41, 5.74) is 1.46. The fourth-order valence-electron chi connectivity index (χ4n) is 1.23. The summed E-state index contributed by atoms with van der Waals surface area (Å²) in [4.78, 5) is 13.6. The maximum Gasteiger partial charge on any atom is 0.190 e. The average Bonchev–Trinajstić information content (AvgIpc) is 2.56. The second kappa shape index (κ2) is 4.77. The molecule has 0 saturated heterocycles. The standard InChI is InChI=1S/C11H17N3O/c1-5-14-8-10(9(2)12-14)11(15)6-7-13(3)4/h6-8H,5H2,1-4H3. The number of aromatic nitrogens is 2. The summed E-state index contributed by atoms with van der Waals surface area (Å²) >= 11 is 0. The van der Waals surface area contributed by atoms with Crippen molar-refractivity contribution >= 4 is 5.78 Å². The van der Waals surface area contributed by atoms with Crippen LogP contribution in [0.15, 0.2) is 18.5 Å². The van der Waals surface area contributed by atoms with Crippen LogP contribution < -0.4 is 0 Å². The molecule has 0 spiro atoms. The van der Waals surface area contributed by atoms with Gasteiger partial charge in [0.05, 0.1) is 11.3 Å². The van der Waals surface area contributed by atoms with E-state index in [1.807, 2.05) is 32.8 Å². The first-order chi connectivity index (χ1) is 7.04. The molecule has 4 nitrogen and oxygen atoms in total. The third kappa shape index (κ3) is 2.94. The van der Waals surface area contributed by atoms with Crippen LogP contribution in [-0.4, -0.2) is 34.6 Å². The summed E-state index contributed by atoms with van der Waals surface area (Å²) in [5.74, 6) is 0.000833. The fourth-order valence-corrected chi connectivity index (χ4v) is 1.23. The number of aryl methyl sites for hydroxylation is 2. The molecule has 0 amide bonds. The number of carbonyl (C=O) groups excluding carboxylic acids is 1. The summed E-state index contributed by atoms with van der Waals surface area (Å²) in [7, 11) is 3.76. The van der Waals surface area contributed by atoms with E-state index in [4.69, 9.17) is 0 Å². The fraction of sp³-hybridized carbons (Fsp3) is 0.455. The Morgan fingerprint density at radius 3 is 2.73 bits per heavy atom. The lowest BCUT2D eigenvalue weighted by Gasteiger charge is -2.01. The van der Waals surface area contributed by atoms with Crippen LogP contribution in [0.2, 0.25) is 0 Å². The van der Waals surface area contributed by atoms with Crippen molar-refractivity contribution in [3.63, 3.8) is 0 Å². The zero-order valence-electron chi connectivity index (χ0n) is 9.69. The van der Waals surface area contributed by atoms with Crippen molar-refractivity contribution in [2.45, 2.75) is 20.4 Å². The summed E-state index contributed by atoms with van der Waals surface area (Å²) in [6.07, 6.45) is 5.09. The van der Waals surface area contributed by atoms with Crippen molar-refractivity contribution in [1.82, 2.24) is 14.7 Å². The van der Waals surface area contributed by atoms with Gasteiger partial charge in [-0.05, 0) is 13.8 Å². The topological polar surface area (TPSA) is 38.1 Å². The third-order valence-corrected chi connectivity index (χ3v) is 2.06. The van der Waals surface area contributed by atoms with E-state index < -0.39 is 0 Å². The molecular weight excluding hydrogens is 190 g/mol. The molecule has 0 fully saturated rings. The molecule has 0 saturated carbocycles. The minimum atomic E-state index is 0.000833. The molecule has 0 aliphatic carbocycles. The van der Waals surface area contributed by atoms with Gasteiger partial charge in [-0.25, -0.2) is 0 Å². The first-order valence-corrected chi connectivity index (χ1v) is 4.97. The molecule has 4 heteroatoms. The molecule has 1 aromatic heterocycles. The molecule has 0 aromatic carbocycles. The molecule has 0 N–H and O–H groups in total. The predicted octanol–water partition coefficient (Wildman–Crippen LogP) is 1.47. The van der Waals surface area contributed by atoms with Gasteiger partial charge in [-0.15, -0.1) is 0 Å². The lowest BCUT2D eigenvalue weighted by Crippen LogP contribution is -2.03. The summed E-state index contributed by atoms with van der Waals surface area (Å²) < 4.78 is 1.77. The number of nitrogens with zero attached hydrogens (tertiary/aromatic N) is 3. The Labute approximate surface area is 90.2 Å². The van der Waals surface area contributed by atoms with Crippen LogP contribution in [0.1, 0.15) is 23.0 Å². The zero-order chi connectivity index (χ0) is 11.4. The van der Waals surface area contributed by atoms with Crippen LogP contribution in [-0.2, 0) is 6.54 Å². The second-order valence-corrected chi connectivity index (χ2v) is 3.63. The number of ketones is 1. The molecule has 0 atom stereocenters. The molecule has 0 bridgehead atoms. The SMILES string of the molecule is CCn1cc(C(=O)C=CN(C)C)c(C)n1. The normalized spacial score (nSPS) is 10.9. The number of carbonyl (C=O) groups is 1. The molecule has 0 aliphatic rings. The highest BCUT2D eigenvalue weighted by atomic mass is 16.1. The van der Waals surface area contributed by atoms with Crippen LogP contribution in [0.4, 0.5) is 0 Å². The van der Waals surface area contributed by atoms with E-state index in [-0.39, 0.29) is 5.78 Å². The molecule has 0 unspecified atom stereocenters. The quantitative estimate of drug-likeness (QED) is 0.554. The van der Waals surface area contributed by atoms with E-state index in [9.17, 15) is 4.79 Å². The number of allylic oxidation sites excluding steroid dienone is 1. The van der Waals surface area contributed by atoms with Gasteiger partial charge in [-0.2, -0.15) is 5.10 Å². The Balaban J connectivity index is 2.86. The maximum absolute atomic E-state index is 11.7. The van der Waals surface area contributed by atoms with Gasteiger partial charge in [0.1, 0.15) is 0 Å². The highest BCUT2D eigenvalue weighted by molar-refractivity contribution is 6.05. The monoisotopic (exact) mass is 207 g/mol. The number of hydrogen-bond donors (Lipinski definition) is 0. The Kier molecular flexibility index (Phi) is 3.66. The Morgan fingerprint density at radius 2 is 2.27 bits per heavy atom. The molecular formula is C11H17N3O. The lowest BCUT2D eigenvalue weighted by atomic mass is 10.2. The molecule has 1 aromatic rings. The summed E-state index contributed by atoms with van der Waals surface area (Å²) in [5, 5.41) is 4.23. The Hall–Kier alpha value is -1.58. The van der Waals surface area contributed by atoms with Crippen LogP contribution in [0.5, 0.6) is 0 Å². The van der Waals surface area contributed by atoms with Gasteiger partial charge in [0.15, 0.2) is 5.78 Å². The van der Waals surface area contributed by atoms with Crippen molar-refractivity contribution in [3.8, 4) is 0 Å². The van der Waals surface area contributed by atoms with Gasteiger partial charge in [0.25, 0.3) is 0 Å². The smallest absolute Gasteiger partial charge is 0.190 e. The van der Waals surface area contributed by atoms with Crippen molar-refractivity contribution in [2.75, 3.05) is 14.1 Å². The minimum absolute atomic E-state index is 0.000833. The van der Waals surface area contributed by atoms with Crippen molar-refractivity contribution in [2.24, 2.45) is 0 Å². The van der Waals surface area contributed by atoms with Crippen molar-refractivity contribution < 1.29 is 4.79 Å². The molecule has 1 heterocycles. The maximum atomic E-state index is 11.7. The van der Waals surface area contributed by atoms with E-state index in [2.05, 4.69) is 5.10 Å². The second-order valence-electron chi connectivity index (χ2n) is 3.63. The largest absolute Gasteiger partial charge is 0.383 e. The highest BCUT2D eigenvalue weighted by Crippen LogP contribution is 2.07. The van der Waals surface area contributed by atoms with Gasteiger partial charge < -0.3 is 4.90 Å². The summed E-state index contributed by atoms with van der Waals surface area (Å²) in [6, 6.07) is 0. The summed E-state index contributed by atoms with van der Waals surface area (Å²) in [6.45, 7) is 4.63. The Morgan fingerprint density at radius 1 is 1.60 bits per heavy atom. The lowest BCUT2D eigenvalue weighted by molar-refractivity contribution is 0.104. The predicted molar refractivity (Wildman–Crippen MR) is 59.8 cm³/mol. The van der Waals surface area contributed by atoms with Crippen LogP contribution in [0.3, 0.4) is 0 Å². The van der Waals surface area contributed by atoms with Gasteiger partial charge in [0.2, 0.25) is 0 Å². The van der Waals surface area contributed by atoms with E-state index in [1.54, 1.807) is 23.2 Å². The van der Waals surface area contributed by atoms with E-state index in [1.165, 1.54) is 0 Å². The van der Waals surface area contributed by atoms with E-state index >= 15 is 0 Å². The Bertz CT molecular complexity index is 377. The highest BCUT2D eigenvalue weighted by Gasteiger charge is 2.09. The first kappa shape index (κ1) is 11.5. The van der Waals surface area contributed by atoms with Gasteiger partial charge in [-0.3, -0.25) is 9.48 Å². The third-order valence-electron chi connectivity index (χ3n) is 2.06. The molecule has 82 valence electrons.